The van der Waals surface area contributed by atoms with Crippen LogP contribution < -0.4 is 9.47 Å². The van der Waals surface area contributed by atoms with E-state index in [-0.39, 0.29) is 18.8 Å². The van der Waals surface area contributed by atoms with Crippen molar-refractivity contribution in [3.8, 4) is 22.6 Å². The lowest BCUT2D eigenvalue weighted by Crippen LogP contribution is -2.31. The maximum Gasteiger partial charge on any atom is 0.410 e. The first-order valence-electron chi connectivity index (χ1n) is 11.5. The first kappa shape index (κ1) is 21.8. The third-order valence-corrected chi connectivity index (χ3v) is 7.16. The number of hydrogen-bond acceptors (Lipinski definition) is 6. The van der Waals surface area contributed by atoms with Crippen LogP contribution in [0.25, 0.3) is 11.1 Å². The summed E-state index contributed by atoms with van der Waals surface area (Å²) in [5, 5.41) is 2.71. The number of rotatable bonds is 7. The molecule has 1 aliphatic carbocycles. The molecule has 33 heavy (non-hydrogen) atoms. The molecule has 3 atom stereocenters. The number of aromatic nitrogens is 1. The van der Waals surface area contributed by atoms with E-state index in [4.69, 9.17) is 14.2 Å². The van der Waals surface area contributed by atoms with Crippen LogP contribution in [0.1, 0.15) is 24.8 Å². The van der Waals surface area contributed by atoms with Gasteiger partial charge in [-0.15, -0.1) is 11.3 Å². The molecule has 2 fully saturated rings. The number of thiazole rings is 1. The van der Waals surface area contributed by atoms with Crippen LogP contribution in [0.3, 0.4) is 0 Å². The van der Waals surface area contributed by atoms with E-state index >= 15 is 0 Å². The molecule has 1 unspecified atom stereocenters. The minimum absolute atomic E-state index is 0.184. The van der Waals surface area contributed by atoms with E-state index in [0.29, 0.717) is 18.4 Å². The molecule has 1 saturated heterocycles. The summed E-state index contributed by atoms with van der Waals surface area (Å²) in [6.07, 6.45) is 3.61. The van der Waals surface area contributed by atoms with E-state index in [0.717, 1.165) is 53.6 Å². The Kier molecular flexibility index (Phi) is 6.48. The van der Waals surface area contributed by atoms with Crippen molar-refractivity contribution >= 4 is 17.4 Å². The SMILES string of the molecule is CCOc1ccc(-c2cccc(OC3C[C@@H]4CN(C(=O)OCc5nccs5)C[C@@H]4C3)c2)cc1. The van der Waals surface area contributed by atoms with Crippen molar-refractivity contribution in [2.75, 3.05) is 19.7 Å². The molecule has 0 bridgehead atoms. The van der Waals surface area contributed by atoms with Gasteiger partial charge in [-0.25, -0.2) is 9.78 Å². The topological polar surface area (TPSA) is 60.9 Å². The highest BCUT2D eigenvalue weighted by atomic mass is 32.1. The van der Waals surface area contributed by atoms with Crippen LogP contribution in [-0.2, 0) is 11.3 Å². The number of benzene rings is 2. The Morgan fingerprint density at radius 1 is 1.06 bits per heavy atom. The second-order valence-electron chi connectivity index (χ2n) is 8.60. The summed E-state index contributed by atoms with van der Waals surface area (Å²) in [5.41, 5.74) is 2.27. The van der Waals surface area contributed by atoms with Crippen molar-refractivity contribution in [1.82, 2.24) is 9.88 Å². The zero-order valence-corrected chi connectivity index (χ0v) is 19.5. The van der Waals surface area contributed by atoms with Crippen LogP contribution in [-0.4, -0.2) is 41.8 Å². The first-order chi connectivity index (χ1) is 16.2. The van der Waals surface area contributed by atoms with Crippen molar-refractivity contribution in [2.24, 2.45) is 11.8 Å². The summed E-state index contributed by atoms with van der Waals surface area (Å²) in [6, 6.07) is 16.4. The molecule has 5 rings (SSSR count). The lowest BCUT2D eigenvalue weighted by atomic mass is 10.0. The predicted octanol–water partition coefficient (Wildman–Crippen LogP) is 5.63. The lowest BCUT2D eigenvalue weighted by molar-refractivity contribution is 0.0985. The number of likely N-dealkylation sites (tertiary alicyclic amines) is 1. The summed E-state index contributed by atoms with van der Waals surface area (Å²) in [5.74, 6) is 2.71. The fourth-order valence-corrected chi connectivity index (χ4v) is 5.41. The molecule has 2 aliphatic rings. The van der Waals surface area contributed by atoms with Gasteiger partial charge in [-0.05, 0) is 67.0 Å². The lowest BCUT2D eigenvalue weighted by Gasteiger charge is -2.20. The van der Waals surface area contributed by atoms with E-state index < -0.39 is 0 Å². The zero-order valence-electron chi connectivity index (χ0n) is 18.7. The largest absolute Gasteiger partial charge is 0.494 e. The summed E-state index contributed by atoms with van der Waals surface area (Å²) >= 11 is 1.50. The fraction of sp³-hybridized carbons (Fsp3) is 0.385. The van der Waals surface area contributed by atoms with Gasteiger partial charge >= 0.3 is 6.09 Å². The van der Waals surface area contributed by atoms with Crippen molar-refractivity contribution in [3.63, 3.8) is 0 Å². The molecule has 1 aromatic heterocycles. The second-order valence-corrected chi connectivity index (χ2v) is 9.58. The molecular weight excluding hydrogens is 436 g/mol. The van der Waals surface area contributed by atoms with E-state index in [1.165, 1.54) is 11.3 Å². The Morgan fingerprint density at radius 3 is 2.55 bits per heavy atom. The van der Waals surface area contributed by atoms with E-state index in [1.807, 2.05) is 41.5 Å². The third kappa shape index (κ3) is 5.14. The van der Waals surface area contributed by atoms with E-state index in [1.54, 1.807) is 6.20 Å². The van der Waals surface area contributed by atoms with Gasteiger partial charge in [0.1, 0.15) is 23.1 Å². The molecule has 0 spiro atoms. The van der Waals surface area contributed by atoms with E-state index in [9.17, 15) is 4.79 Å². The second kappa shape index (κ2) is 9.83. The van der Waals surface area contributed by atoms with Crippen LogP contribution in [0.5, 0.6) is 11.5 Å². The number of carbonyl (C=O) groups is 1. The van der Waals surface area contributed by atoms with Crippen LogP contribution >= 0.6 is 11.3 Å². The third-order valence-electron chi connectivity index (χ3n) is 6.40. The fourth-order valence-electron chi connectivity index (χ4n) is 4.88. The van der Waals surface area contributed by atoms with Gasteiger partial charge in [-0.3, -0.25) is 0 Å². The van der Waals surface area contributed by atoms with Crippen molar-refractivity contribution in [1.29, 1.82) is 0 Å². The number of carbonyl (C=O) groups excluding carboxylic acids is 1. The smallest absolute Gasteiger partial charge is 0.410 e. The summed E-state index contributed by atoms with van der Waals surface area (Å²) in [6.45, 7) is 4.39. The highest BCUT2D eigenvalue weighted by Crippen LogP contribution is 2.40. The normalized spacial score (nSPS) is 21.6. The average Bonchev–Trinajstić information content (AvgIpc) is 3.55. The minimum atomic E-state index is -0.236. The molecular formula is C26H28N2O4S. The molecule has 0 radical (unpaired) electrons. The average molecular weight is 465 g/mol. The quantitative estimate of drug-likeness (QED) is 0.453. The van der Waals surface area contributed by atoms with Crippen molar-refractivity contribution in [3.05, 3.63) is 65.1 Å². The minimum Gasteiger partial charge on any atom is -0.494 e. The first-order valence-corrected chi connectivity index (χ1v) is 12.4. The Morgan fingerprint density at radius 2 is 1.85 bits per heavy atom. The molecule has 172 valence electrons. The maximum atomic E-state index is 12.4. The van der Waals surface area contributed by atoms with Gasteiger partial charge < -0.3 is 19.1 Å². The highest BCUT2D eigenvalue weighted by molar-refractivity contribution is 7.09. The van der Waals surface area contributed by atoms with Crippen LogP contribution in [0.15, 0.2) is 60.1 Å². The molecule has 2 heterocycles. The van der Waals surface area contributed by atoms with Gasteiger partial charge in [0, 0.05) is 24.7 Å². The van der Waals surface area contributed by atoms with Gasteiger partial charge in [-0.1, -0.05) is 24.3 Å². The van der Waals surface area contributed by atoms with Gasteiger partial charge in [-0.2, -0.15) is 0 Å². The molecule has 1 amide bonds. The van der Waals surface area contributed by atoms with E-state index in [2.05, 4.69) is 29.2 Å². The Balaban J connectivity index is 1.14. The number of hydrogen-bond donors (Lipinski definition) is 0. The van der Waals surface area contributed by atoms with Gasteiger partial charge in [0.05, 0.1) is 12.7 Å². The van der Waals surface area contributed by atoms with Gasteiger partial charge in [0.25, 0.3) is 0 Å². The number of fused-ring (bicyclic) bond motifs is 1. The van der Waals surface area contributed by atoms with Crippen LogP contribution in [0.4, 0.5) is 4.79 Å². The number of amides is 1. The van der Waals surface area contributed by atoms with Crippen LogP contribution in [0, 0.1) is 11.8 Å². The highest BCUT2D eigenvalue weighted by Gasteiger charge is 2.43. The summed E-state index contributed by atoms with van der Waals surface area (Å²) < 4.78 is 17.3. The Hall–Kier alpha value is -3.06. The molecule has 0 N–H and O–H groups in total. The standard InChI is InChI=1S/C26H28N2O4S/c1-2-30-22-8-6-18(7-9-22)19-4-3-5-23(12-19)32-24-13-20-15-28(16-21(20)14-24)26(29)31-17-25-27-10-11-33-25/h3-12,20-21,24H,2,13-17H2,1H3/t20-,21+,24?. The predicted molar refractivity (Wildman–Crippen MR) is 128 cm³/mol. The molecule has 1 aliphatic heterocycles. The van der Waals surface area contributed by atoms with Crippen molar-refractivity contribution < 1.29 is 19.0 Å². The number of ether oxygens (including phenoxy) is 3. The summed E-state index contributed by atoms with van der Waals surface area (Å²) in [7, 11) is 0. The zero-order chi connectivity index (χ0) is 22.6. The molecule has 6 nitrogen and oxygen atoms in total. The Bertz CT molecular complexity index is 1060. The summed E-state index contributed by atoms with van der Waals surface area (Å²) in [4.78, 5) is 18.4. The number of nitrogens with zero attached hydrogens (tertiary/aromatic N) is 2. The van der Waals surface area contributed by atoms with Gasteiger partial charge in [0.15, 0.2) is 0 Å². The monoisotopic (exact) mass is 464 g/mol. The molecule has 7 heteroatoms. The molecule has 3 aromatic rings. The molecule has 2 aromatic carbocycles. The maximum absolute atomic E-state index is 12.4. The van der Waals surface area contributed by atoms with Gasteiger partial charge in [0.2, 0.25) is 0 Å². The van der Waals surface area contributed by atoms with Crippen molar-refractivity contribution in [2.45, 2.75) is 32.5 Å². The molecule has 1 saturated carbocycles. The Labute approximate surface area is 198 Å². The van der Waals surface area contributed by atoms with Crippen LogP contribution in [0.2, 0.25) is 0 Å².